The molecule has 0 atom stereocenters. The molecule has 0 unspecified atom stereocenters. The van der Waals surface area contributed by atoms with Gasteiger partial charge in [0.05, 0.1) is 5.56 Å². The predicted molar refractivity (Wildman–Crippen MR) is 38.5 cm³/mol. The van der Waals surface area contributed by atoms with Gasteiger partial charge in [0.1, 0.15) is 0 Å². The average molecular weight is 147 g/mol. The van der Waals surface area contributed by atoms with Gasteiger partial charge in [-0.05, 0) is 17.1 Å². The summed E-state index contributed by atoms with van der Waals surface area (Å²) in [6, 6.07) is 8.39. The van der Waals surface area contributed by atoms with Crippen molar-refractivity contribution in [3.8, 4) is 0 Å². The van der Waals surface area contributed by atoms with Gasteiger partial charge < -0.3 is 0 Å². The first-order valence-corrected chi connectivity index (χ1v) is 2.98. The highest BCUT2D eigenvalue weighted by Gasteiger charge is 2.07. The Kier molecular flexibility index (Phi) is 2.24. The van der Waals surface area contributed by atoms with Crippen LogP contribution in [0.15, 0.2) is 30.3 Å². The molecule has 54 valence electrons. The summed E-state index contributed by atoms with van der Waals surface area (Å²) in [7, 11) is 0. The highest BCUT2D eigenvalue weighted by Crippen LogP contribution is 2.00. The zero-order valence-electron chi connectivity index (χ0n) is 5.65. The van der Waals surface area contributed by atoms with Crippen molar-refractivity contribution in [2.24, 2.45) is 0 Å². The molecule has 0 bridgehead atoms. The average Bonchev–Trinajstić information content (AvgIpc) is 2.07. The van der Waals surface area contributed by atoms with E-state index < -0.39 is 5.97 Å². The third kappa shape index (κ3) is 1.80. The Labute approximate surface area is 64.0 Å². The Morgan fingerprint density at radius 3 is 2.55 bits per heavy atom. The molecule has 3 nitrogen and oxygen atoms in total. The Bertz CT molecular complexity index is 287. The lowest BCUT2D eigenvalue weighted by Crippen LogP contribution is -1.97. The van der Waals surface area contributed by atoms with Gasteiger partial charge in [-0.3, -0.25) is 0 Å². The number of benzene rings is 1. The van der Waals surface area contributed by atoms with Gasteiger partial charge >= 0.3 is 5.97 Å². The van der Waals surface area contributed by atoms with Crippen molar-refractivity contribution in [3.05, 3.63) is 47.5 Å². The van der Waals surface area contributed by atoms with E-state index in [0.717, 1.165) is 0 Å². The van der Waals surface area contributed by atoms with Crippen molar-refractivity contribution < 1.29 is 9.63 Å². The second-order valence-electron chi connectivity index (χ2n) is 1.84. The maximum atomic E-state index is 10.8. The molecule has 0 aromatic heterocycles. The van der Waals surface area contributed by atoms with Gasteiger partial charge in [-0.25, -0.2) is 4.79 Å². The van der Waals surface area contributed by atoms with Crippen LogP contribution in [0.5, 0.6) is 0 Å². The topological polar surface area (TPSA) is 30.7 Å². The van der Waals surface area contributed by atoms with Gasteiger partial charge in [-0.2, -0.15) is 6.57 Å². The fraction of sp³-hybridized carbons (Fsp3) is 0. The van der Waals surface area contributed by atoms with Crippen molar-refractivity contribution in [1.82, 2.24) is 0 Å². The smallest absolute Gasteiger partial charge is 0.237 e. The van der Waals surface area contributed by atoms with E-state index in [0.29, 0.717) is 5.56 Å². The molecule has 0 spiro atoms. The van der Waals surface area contributed by atoms with Gasteiger partial charge in [0, 0.05) is 0 Å². The Morgan fingerprint density at radius 2 is 2.00 bits per heavy atom. The molecule has 0 N–H and O–H groups in total. The number of nitrogens with zero attached hydrogens (tertiary/aromatic N) is 1. The largest absolute Gasteiger partial charge is 0.426 e. The van der Waals surface area contributed by atoms with Crippen LogP contribution in [0.1, 0.15) is 10.4 Å². The van der Waals surface area contributed by atoms with E-state index in [9.17, 15) is 4.79 Å². The summed E-state index contributed by atoms with van der Waals surface area (Å²) in [5, 5.41) is 2.51. The van der Waals surface area contributed by atoms with Crippen molar-refractivity contribution in [1.29, 1.82) is 0 Å². The Balaban J connectivity index is 2.79. The monoisotopic (exact) mass is 147 g/mol. The van der Waals surface area contributed by atoms with E-state index in [1.54, 1.807) is 30.3 Å². The third-order valence-electron chi connectivity index (χ3n) is 1.14. The summed E-state index contributed by atoms with van der Waals surface area (Å²) >= 11 is 0. The summed E-state index contributed by atoms with van der Waals surface area (Å²) in [5.74, 6) is -0.611. The molecule has 3 heteroatoms. The number of carbonyl (C=O) groups is 1. The first kappa shape index (κ1) is 7.29. The van der Waals surface area contributed by atoms with Crippen molar-refractivity contribution in [2.75, 3.05) is 0 Å². The van der Waals surface area contributed by atoms with Gasteiger partial charge in [0.25, 0.3) is 0 Å². The van der Waals surface area contributed by atoms with E-state index in [-0.39, 0.29) is 0 Å². The summed E-state index contributed by atoms with van der Waals surface area (Å²) in [4.78, 5) is 14.9. The van der Waals surface area contributed by atoms with E-state index in [2.05, 4.69) is 9.85 Å². The van der Waals surface area contributed by atoms with Gasteiger partial charge in [-0.1, -0.05) is 18.2 Å². The summed E-state index contributed by atoms with van der Waals surface area (Å²) in [5.41, 5.74) is 0.392. The molecule has 1 aromatic carbocycles. The molecule has 0 aliphatic carbocycles. The molecule has 11 heavy (non-hydrogen) atoms. The molecule has 0 radical (unpaired) electrons. The summed E-state index contributed by atoms with van der Waals surface area (Å²) in [6.45, 7) is 6.26. The minimum atomic E-state index is -0.611. The van der Waals surface area contributed by atoms with Crippen LogP contribution in [0.3, 0.4) is 0 Å². The molecule has 0 fully saturated rings. The van der Waals surface area contributed by atoms with E-state index in [1.165, 1.54) is 0 Å². The van der Waals surface area contributed by atoms with Crippen LogP contribution in [-0.4, -0.2) is 5.97 Å². The molecule has 0 saturated heterocycles. The Morgan fingerprint density at radius 1 is 1.36 bits per heavy atom. The molecule has 0 heterocycles. The Hall–Kier alpha value is -1.82. The number of hydrogen-bond acceptors (Lipinski definition) is 2. The molecule has 0 aliphatic heterocycles. The van der Waals surface area contributed by atoms with Crippen molar-refractivity contribution >= 4 is 5.97 Å². The number of hydrogen-bond donors (Lipinski definition) is 0. The second kappa shape index (κ2) is 3.37. The van der Waals surface area contributed by atoms with E-state index in [1.807, 2.05) is 0 Å². The quantitative estimate of drug-likeness (QED) is 0.447. The normalized spacial score (nSPS) is 8.27. The molecule has 0 aliphatic rings. The van der Waals surface area contributed by atoms with Crippen LogP contribution in [-0.2, 0) is 4.84 Å². The predicted octanol–water partition coefficient (Wildman–Crippen LogP) is 1.68. The zero-order valence-corrected chi connectivity index (χ0v) is 5.65. The first-order valence-electron chi connectivity index (χ1n) is 2.98. The van der Waals surface area contributed by atoms with Crippen LogP contribution in [0.2, 0.25) is 0 Å². The fourth-order valence-electron chi connectivity index (χ4n) is 0.668. The summed E-state index contributed by atoms with van der Waals surface area (Å²) in [6.07, 6.45) is 0. The van der Waals surface area contributed by atoms with Crippen molar-refractivity contribution in [3.63, 3.8) is 0 Å². The lowest BCUT2D eigenvalue weighted by atomic mass is 10.2. The maximum absolute atomic E-state index is 10.8. The minimum Gasteiger partial charge on any atom is -0.237 e. The fourth-order valence-corrected chi connectivity index (χ4v) is 0.668. The standard InChI is InChI=1S/C8H5NO2/c1-9-11-8(10)7-5-3-2-4-6-7/h2-6H. The highest BCUT2D eigenvalue weighted by molar-refractivity contribution is 5.89. The minimum absolute atomic E-state index is 0.392. The maximum Gasteiger partial charge on any atom is 0.426 e. The number of rotatable bonds is 1. The van der Waals surface area contributed by atoms with Gasteiger partial charge in [-0.15, -0.1) is 4.84 Å². The lowest BCUT2D eigenvalue weighted by molar-refractivity contribution is 0.0655. The SMILES string of the molecule is [C-]#[N+]OC(=O)c1ccccc1. The summed E-state index contributed by atoms with van der Waals surface area (Å²) < 4.78 is 0. The third-order valence-corrected chi connectivity index (χ3v) is 1.14. The molecule has 1 aromatic rings. The lowest BCUT2D eigenvalue weighted by Gasteiger charge is -1.88. The van der Waals surface area contributed by atoms with Crippen LogP contribution >= 0.6 is 0 Å². The highest BCUT2D eigenvalue weighted by atomic mass is 16.7. The molecule has 1 rings (SSSR count). The van der Waals surface area contributed by atoms with Crippen LogP contribution < -0.4 is 0 Å². The van der Waals surface area contributed by atoms with Crippen LogP contribution in [0, 0.1) is 6.57 Å². The molecular formula is C8H5NO2. The second-order valence-corrected chi connectivity index (χ2v) is 1.84. The van der Waals surface area contributed by atoms with Crippen LogP contribution in [0.4, 0.5) is 0 Å². The number of carbonyl (C=O) groups excluding carboxylic acids is 1. The molecule has 0 saturated carbocycles. The zero-order chi connectivity index (χ0) is 8.10. The first-order chi connectivity index (χ1) is 5.34. The van der Waals surface area contributed by atoms with Gasteiger partial charge in [0.2, 0.25) is 0 Å². The van der Waals surface area contributed by atoms with E-state index in [4.69, 9.17) is 6.57 Å². The van der Waals surface area contributed by atoms with Crippen molar-refractivity contribution in [2.45, 2.75) is 0 Å². The van der Waals surface area contributed by atoms with Gasteiger partial charge in [0.15, 0.2) is 0 Å². The van der Waals surface area contributed by atoms with E-state index >= 15 is 0 Å². The van der Waals surface area contributed by atoms with Crippen LogP contribution in [0.25, 0.3) is 5.01 Å². The molecular weight excluding hydrogens is 142 g/mol. The molecule has 0 amide bonds.